The summed E-state index contributed by atoms with van der Waals surface area (Å²) in [5, 5.41) is 6.04. The summed E-state index contributed by atoms with van der Waals surface area (Å²) in [6.07, 6.45) is 1.27. The van der Waals surface area contributed by atoms with Crippen LogP contribution >= 0.6 is 0 Å². The lowest BCUT2D eigenvalue weighted by Gasteiger charge is -2.16. The van der Waals surface area contributed by atoms with E-state index in [-0.39, 0.29) is 5.56 Å². The summed E-state index contributed by atoms with van der Waals surface area (Å²) in [5.41, 5.74) is 0.665. The van der Waals surface area contributed by atoms with Crippen molar-refractivity contribution in [1.29, 1.82) is 0 Å². The Hall–Kier alpha value is -1.36. The minimum absolute atomic E-state index is 0.158. The molecule has 1 aromatic heterocycles. The molecule has 5 nitrogen and oxygen atoms in total. The summed E-state index contributed by atoms with van der Waals surface area (Å²) in [4.78, 5) is 17.4. The summed E-state index contributed by atoms with van der Waals surface area (Å²) >= 11 is 0. The maximum absolute atomic E-state index is 10.8. The van der Waals surface area contributed by atoms with Gasteiger partial charge in [0.2, 0.25) is 0 Å². The summed E-state index contributed by atoms with van der Waals surface area (Å²) < 4.78 is 0. The van der Waals surface area contributed by atoms with Gasteiger partial charge in [-0.15, -0.1) is 0 Å². The van der Waals surface area contributed by atoms with Crippen LogP contribution in [-0.2, 0) is 6.54 Å². The number of aromatic amines is 1. The highest BCUT2D eigenvalue weighted by Crippen LogP contribution is 2.07. The molecule has 2 heterocycles. The molecule has 2 rings (SSSR count). The monoisotopic (exact) mass is 152 g/mol. The molecule has 0 amide bonds. The zero-order chi connectivity index (χ0) is 7.68. The minimum Gasteiger partial charge on any atom is -0.356 e. The number of rotatable bonds is 0. The Kier molecular flexibility index (Phi) is 1.36. The topological polar surface area (TPSA) is 69.8 Å². The summed E-state index contributed by atoms with van der Waals surface area (Å²) in [5.74, 6) is 0.767. The van der Waals surface area contributed by atoms with Gasteiger partial charge in [-0.3, -0.25) is 10.1 Å². The first-order valence-corrected chi connectivity index (χ1v) is 3.39. The van der Waals surface area contributed by atoms with Gasteiger partial charge in [-0.25, -0.2) is 4.98 Å². The third-order valence-corrected chi connectivity index (χ3v) is 1.55. The van der Waals surface area contributed by atoms with E-state index in [2.05, 4.69) is 20.6 Å². The van der Waals surface area contributed by atoms with E-state index in [1.54, 1.807) is 0 Å². The van der Waals surface area contributed by atoms with Crippen LogP contribution in [0.3, 0.4) is 0 Å². The predicted molar refractivity (Wildman–Crippen MR) is 40.2 cm³/mol. The number of anilines is 1. The van der Waals surface area contributed by atoms with Crippen molar-refractivity contribution in [1.82, 2.24) is 15.3 Å². The molecule has 0 saturated carbocycles. The van der Waals surface area contributed by atoms with Gasteiger partial charge >= 0.3 is 0 Å². The van der Waals surface area contributed by atoms with Crippen molar-refractivity contribution in [3.05, 3.63) is 22.2 Å². The fraction of sp³-hybridized carbons (Fsp3) is 0.333. The number of nitrogens with zero attached hydrogens (tertiary/aromatic N) is 1. The molecule has 1 aliphatic rings. The van der Waals surface area contributed by atoms with E-state index in [4.69, 9.17) is 0 Å². The Labute approximate surface area is 62.9 Å². The molecule has 3 N–H and O–H groups in total. The maximum atomic E-state index is 10.8. The number of H-pyrrole nitrogens is 1. The second-order valence-corrected chi connectivity index (χ2v) is 2.35. The molecule has 1 aromatic rings. The lowest BCUT2D eigenvalue weighted by molar-refractivity contribution is 0.679. The van der Waals surface area contributed by atoms with E-state index < -0.39 is 0 Å². The largest absolute Gasteiger partial charge is 0.356 e. The highest BCUT2D eigenvalue weighted by Gasteiger charge is 2.07. The van der Waals surface area contributed by atoms with Crippen LogP contribution in [-0.4, -0.2) is 16.6 Å². The smallest absolute Gasteiger partial charge is 0.266 e. The van der Waals surface area contributed by atoms with Crippen LogP contribution in [0.1, 0.15) is 5.69 Å². The standard InChI is InChI=1S/C6H8N4O/c11-5-2-8-6-4(10-5)1-7-3-9-6/h2,7H,1,3H2,(H,8,9)(H,10,11). The number of hydrogen-bond donors (Lipinski definition) is 3. The normalized spacial score (nSPS) is 15.3. The molecule has 0 aromatic carbocycles. The van der Waals surface area contributed by atoms with Crippen molar-refractivity contribution < 1.29 is 0 Å². The number of aromatic nitrogens is 2. The number of nitrogens with one attached hydrogen (secondary N) is 3. The van der Waals surface area contributed by atoms with Crippen molar-refractivity contribution in [3.8, 4) is 0 Å². The van der Waals surface area contributed by atoms with Gasteiger partial charge in [-0.1, -0.05) is 0 Å². The van der Waals surface area contributed by atoms with Gasteiger partial charge in [0.05, 0.1) is 18.6 Å². The summed E-state index contributed by atoms with van der Waals surface area (Å²) in [7, 11) is 0. The second kappa shape index (κ2) is 2.35. The first-order valence-electron chi connectivity index (χ1n) is 3.39. The molecular formula is C6H8N4O. The van der Waals surface area contributed by atoms with Crippen LogP contribution in [0, 0.1) is 0 Å². The Balaban J connectivity index is 2.51. The first kappa shape index (κ1) is 6.36. The predicted octanol–water partition coefficient (Wildman–Crippen LogP) is -0.758. The van der Waals surface area contributed by atoms with Gasteiger partial charge in [-0.05, 0) is 0 Å². The van der Waals surface area contributed by atoms with Crippen molar-refractivity contribution in [2.75, 3.05) is 12.0 Å². The van der Waals surface area contributed by atoms with Crippen molar-refractivity contribution in [2.24, 2.45) is 0 Å². The van der Waals surface area contributed by atoms with Crippen LogP contribution in [0.15, 0.2) is 11.0 Å². The van der Waals surface area contributed by atoms with E-state index >= 15 is 0 Å². The third-order valence-electron chi connectivity index (χ3n) is 1.55. The Morgan fingerprint density at radius 1 is 1.55 bits per heavy atom. The minimum atomic E-state index is -0.158. The second-order valence-electron chi connectivity index (χ2n) is 2.35. The van der Waals surface area contributed by atoms with Gasteiger partial charge in [-0.2, -0.15) is 0 Å². The molecule has 0 bridgehead atoms. The fourth-order valence-electron chi connectivity index (χ4n) is 1.06. The average molecular weight is 152 g/mol. The molecule has 0 aliphatic carbocycles. The fourth-order valence-corrected chi connectivity index (χ4v) is 1.06. The molecule has 0 saturated heterocycles. The molecule has 11 heavy (non-hydrogen) atoms. The molecule has 0 radical (unpaired) electrons. The lowest BCUT2D eigenvalue weighted by Crippen LogP contribution is -2.30. The van der Waals surface area contributed by atoms with Crippen LogP contribution in [0.5, 0.6) is 0 Å². The van der Waals surface area contributed by atoms with E-state index in [1.165, 1.54) is 6.20 Å². The quantitative estimate of drug-likeness (QED) is 0.457. The van der Waals surface area contributed by atoms with Crippen LogP contribution in [0.25, 0.3) is 0 Å². The molecule has 5 heteroatoms. The lowest BCUT2D eigenvalue weighted by atomic mass is 10.3. The van der Waals surface area contributed by atoms with Gasteiger partial charge in [0, 0.05) is 6.54 Å². The van der Waals surface area contributed by atoms with Crippen molar-refractivity contribution >= 4 is 5.82 Å². The Morgan fingerprint density at radius 3 is 3.36 bits per heavy atom. The van der Waals surface area contributed by atoms with E-state index in [1.807, 2.05) is 0 Å². The number of fused-ring (bicyclic) bond motifs is 1. The first-order chi connectivity index (χ1) is 5.36. The van der Waals surface area contributed by atoms with E-state index in [9.17, 15) is 4.79 Å². The van der Waals surface area contributed by atoms with Crippen LogP contribution in [0.4, 0.5) is 5.82 Å². The van der Waals surface area contributed by atoms with Gasteiger partial charge in [0.1, 0.15) is 5.82 Å². The van der Waals surface area contributed by atoms with Gasteiger partial charge < -0.3 is 10.3 Å². The zero-order valence-corrected chi connectivity index (χ0v) is 5.85. The van der Waals surface area contributed by atoms with Crippen LogP contribution < -0.4 is 16.2 Å². The summed E-state index contributed by atoms with van der Waals surface area (Å²) in [6, 6.07) is 0. The molecule has 0 atom stereocenters. The highest BCUT2D eigenvalue weighted by atomic mass is 16.1. The molecule has 0 unspecified atom stereocenters. The molecule has 0 fully saturated rings. The van der Waals surface area contributed by atoms with E-state index in [0.29, 0.717) is 13.2 Å². The molecular weight excluding hydrogens is 144 g/mol. The average Bonchev–Trinajstić information content (AvgIpc) is 2.04. The highest BCUT2D eigenvalue weighted by molar-refractivity contribution is 5.40. The van der Waals surface area contributed by atoms with Gasteiger partial charge in [0.15, 0.2) is 0 Å². The van der Waals surface area contributed by atoms with Crippen molar-refractivity contribution in [2.45, 2.75) is 6.54 Å². The molecule has 58 valence electrons. The molecule has 1 aliphatic heterocycles. The molecule has 0 spiro atoms. The van der Waals surface area contributed by atoms with Gasteiger partial charge in [0.25, 0.3) is 5.56 Å². The number of hydrogen-bond acceptors (Lipinski definition) is 4. The zero-order valence-electron chi connectivity index (χ0n) is 5.85. The summed E-state index contributed by atoms with van der Waals surface area (Å²) in [6.45, 7) is 1.37. The van der Waals surface area contributed by atoms with E-state index in [0.717, 1.165) is 11.5 Å². The maximum Gasteiger partial charge on any atom is 0.266 e. The Morgan fingerprint density at radius 2 is 2.45 bits per heavy atom. The third kappa shape index (κ3) is 1.10. The van der Waals surface area contributed by atoms with Crippen LogP contribution in [0.2, 0.25) is 0 Å². The van der Waals surface area contributed by atoms with Crippen molar-refractivity contribution in [3.63, 3.8) is 0 Å². The Bertz CT molecular complexity index is 319. The SMILES string of the molecule is O=c1cnc2c([nH]1)CNCN2.